The zero-order valence-electron chi connectivity index (χ0n) is 9.39. The predicted molar refractivity (Wildman–Crippen MR) is 69.5 cm³/mol. The van der Waals surface area contributed by atoms with Crippen LogP contribution in [0.4, 0.5) is 0 Å². The van der Waals surface area contributed by atoms with E-state index in [1.165, 1.54) is 0 Å². The maximum Gasteiger partial charge on any atom is 0.263 e. The minimum Gasteiger partial charge on any atom is -0.475 e. The van der Waals surface area contributed by atoms with Crippen LogP contribution in [0, 0.1) is 0 Å². The fraction of sp³-hybridized carbons (Fsp3) is 0.0714. The van der Waals surface area contributed by atoms with E-state index in [4.69, 9.17) is 22.1 Å². The molecule has 0 radical (unpaired) electrons. The number of carbonyl (C=O) groups is 1. The van der Waals surface area contributed by atoms with Crippen LogP contribution in [0.2, 0.25) is 5.02 Å². The molecule has 0 aliphatic carbocycles. The first-order valence-corrected chi connectivity index (χ1v) is 5.89. The molecule has 2 aromatic rings. The first kappa shape index (κ1) is 11.1. The van der Waals surface area contributed by atoms with Gasteiger partial charge in [-0.15, -0.1) is 0 Å². The lowest BCUT2D eigenvalue weighted by atomic mass is 9.92. The van der Waals surface area contributed by atoms with Crippen molar-refractivity contribution in [3.63, 3.8) is 0 Å². The summed E-state index contributed by atoms with van der Waals surface area (Å²) < 4.78 is 5.64. The minimum atomic E-state index is -0.784. The van der Waals surface area contributed by atoms with Crippen molar-refractivity contribution >= 4 is 17.5 Å². The highest BCUT2D eigenvalue weighted by Gasteiger charge is 2.29. The Balaban J connectivity index is 2.27. The van der Waals surface area contributed by atoms with Gasteiger partial charge in [0.2, 0.25) is 6.10 Å². The van der Waals surface area contributed by atoms with Gasteiger partial charge in [0, 0.05) is 16.1 Å². The van der Waals surface area contributed by atoms with Crippen LogP contribution in [-0.4, -0.2) is 5.91 Å². The van der Waals surface area contributed by atoms with Crippen molar-refractivity contribution in [1.82, 2.24) is 0 Å². The van der Waals surface area contributed by atoms with Crippen molar-refractivity contribution in [2.45, 2.75) is 6.10 Å². The van der Waals surface area contributed by atoms with Gasteiger partial charge < -0.3 is 10.5 Å². The average Bonchev–Trinajstić information content (AvgIpc) is 2.37. The summed E-state index contributed by atoms with van der Waals surface area (Å²) in [4.78, 5) is 11.5. The molecule has 1 heterocycles. The van der Waals surface area contributed by atoms with Crippen LogP contribution in [0.5, 0.6) is 5.75 Å². The number of amides is 1. The van der Waals surface area contributed by atoms with Crippen LogP contribution in [0.15, 0.2) is 42.5 Å². The Labute approximate surface area is 109 Å². The van der Waals surface area contributed by atoms with Gasteiger partial charge in [-0.3, -0.25) is 4.79 Å². The van der Waals surface area contributed by atoms with E-state index in [1.54, 1.807) is 12.1 Å². The first-order chi connectivity index (χ1) is 8.66. The van der Waals surface area contributed by atoms with Crippen LogP contribution >= 0.6 is 11.6 Å². The molecule has 18 heavy (non-hydrogen) atoms. The van der Waals surface area contributed by atoms with Crippen LogP contribution < -0.4 is 10.5 Å². The number of hydrogen-bond acceptors (Lipinski definition) is 2. The normalized spacial score (nSPS) is 16.4. The highest BCUT2D eigenvalue weighted by atomic mass is 35.5. The van der Waals surface area contributed by atoms with Crippen molar-refractivity contribution in [1.29, 1.82) is 0 Å². The fourth-order valence-corrected chi connectivity index (χ4v) is 2.37. The molecule has 90 valence electrons. The lowest BCUT2D eigenvalue weighted by Gasteiger charge is -2.26. The number of ether oxygens (including phenoxy) is 1. The number of fused-ring (bicyclic) bond motifs is 3. The molecule has 0 spiro atoms. The Kier molecular flexibility index (Phi) is 2.49. The lowest BCUT2D eigenvalue weighted by Crippen LogP contribution is -2.28. The van der Waals surface area contributed by atoms with Gasteiger partial charge in [0.25, 0.3) is 5.91 Å². The van der Waals surface area contributed by atoms with Crippen molar-refractivity contribution in [2.75, 3.05) is 0 Å². The summed E-state index contributed by atoms with van der Waals surface area (Å²) in [6.45, 7) is 0. The second-order valence-corrected chi connectivity index (χ2v) is 4.56. The molecule has 3 rings (SSSR count). The summed E-state index contributed by atoms with van der Waals surface area (Å²) >= 11 is 5.97. The third-order valence-corrected chi connectivity index (χ3v) is 3.21. The summed E-state index contributed by atoms with van der Waals surface area (Å²) in [7, 11) is 0. The Morgan fingerprint density at radius 1 is 1.17 bits per heavy atom. The maximum atomic E-state index is 11.5. The van der Waals surface area contributed by atoms with E-state index in [2.05, 4.69) is 0 Å². The molecule has 1 aliphatic heterocycles. The number of benzene rings is 2. The third-order valence-electron chi connectivity index (χ3n) is 2.98. The fourth-order valence-electron chi connectivity index (χ4n) is 2.19. The smallest absolute Gasteiger partial charge is 0.263 e. The number of carbonyl (C=O) groups excluding carboxylic acids is 1. The van der Waals surface area contributed by atoms with E-state index < -0.39 is 12.0 Å². The number of primary amides is 1. The average molecular weight is 260 g/mol. The molecule has 1 amide bonds. The molecule has 0 fully saturated rings. The zero-order chi connectivity index (χ0) is 12.7. The maximum absolute atomic E-state index is 11.5. The Morgan fingerprint density at radius 3 is 2.72 bits per heavy atom. The second kappa shape index (κ2) is 4.03. The van der Waals surface area contributed by atoms with Crippen LogP contribution in [0.25, 0.3) is 11.1 Å². The van der Waals surface area contributed by atoms with Crippen molar-refractivity contribution in [2.24, 2.45) is 5.73 Å². The molecular weight excluding hydrogens is 250 g/mol. The molecule has 1 unspecified atom stereocenters. The monoisotopic (exact) mass is 259 g/mol. The molecule has 2 N–H and O–H groups in total. The molecule has 0 aromatic heterocycles. The van der Waals surface area contributed by atoms with Gasteiger partial charge in [0.15, 0.2) is 0 Å². The Hall–Kier alpha value is -2.00. The molecule has 2 aromatic carbocycles. The predicted octanol–water partition coefficient (Wildman–Crippen LogP) is 2.93. The van der Waals surface area contributed by atoms with Gasteiger partial charge in [0.1, 0.15) is 5.75 Å². The second-order valence-electron chi connectivity index (χ2n) is 4.13. The van der Waals surface area contributed by atoms with Crippen LogP contribution in [0.1, 0.15) is 11.7 Å². The van der Waals surface area contributed by atoms with Gasteiger partial charge in [-0.05, 0) is 23.8 Å². The van der Waals surface area contributed by atoms with Gasteiger partial charge in [-0.1, -0.05) is 35.9 Å². The van der Waals surface area contributed by atoms with E-state index in [0.29, 0.717) is 16.3 Å². The van der Waals surface area contributed by atoms with Gasteiger partial charge in [-0.25, -0.2) is 0 Å². The Bertz CT molecular complexity index is 639. The van der Waals surface area contributed by atoms with E-state index >= 15 is 0 Å². The van der Waals surface area contributed by atoms with Crippen molar-refractivity contribution in [3.05, 3.63) is 53.1 Å². The summed E-state index contributed by atoms with van der Waals surface area (Å²) in [6.07, 6.45) is -0.784. The lowest BCUT2D eigenvalue weighted by molar-refractivity contribution is -0.125. The molecule has 0 saturated heterocycles. The quantitative estimate of drug-likeness (QED) is 0.856. The highest BCUT2D eigenvalue weighted by molar-refractivity contribution is 6.30. The largest absolute Gasteiger partial charge is 0.475 e. The number of rotatable bonds is 1. The summed E-state index contributed by atoms with van der Waals surface area (Å²) in [5.41, 5.74) is 7.98. The van der Waals surface area contributed by atoms with E-state index in [9.17, 15) is 4.79 Å². The summed E-state index contributed by atoms with van der Waals surface area (Å²) in [6, 6.07) is 12.9. The number of nitrogens with two attached hydrogens (primary N) is 1. The number of halogens is 1. The van der Waals surface area contributed by atoms with E-state index in [1.807, 2.05) is 30.3 Å². The summed E-state index contributed by atoms with van der Waals surface area (Å²) in [5.74, 6) is 0.143. The van der Waals surface area contributed by atoms with Crippen molar-refractivity contribution < 1.29 is 9.53 Å². The van der Waals surface area contributed by atoms with Gasteiger partial charge in [-0.2, -0.15) is 0 Å². The van der Waals surface area contributed by atoms with Gasteiger partial charge >= 0.3 is 0 Å². The highest BCUT2D eigenvalue weighted by Crippen LogP contribution is 2.42. The number of para-hydroxylation sites is 1. The molecule has 0 bridgehead atoms. The minimum absolute atomic E-state index is 0.520. The zero-order valence-corrected chi connectivity index (χ0v) is 10.1. The summed E-state index contributed by atoms with van der Waals surface area (Å²) in [5, 5.41) is 0.558. The standard InChI is InChI=1S/C14H10ClNO2/c15-8-5-6-9-10-3-1-2-4-12(10)18-13(14(16)17)11(9)7-8/h1-7,13H,(H2,16,17). The first-order valence-electron chi connectivity index (χ1n) is 5.51. The SMILES string of the molecule is NC(=O)C1Oc2ccccc2-c2ccc(Cl)cc21. The molecular formula is C14H10ClNO2. The van der Waals surface area contributed by atoms with Crippen LogP contribution in [-0.2, 0) is 4.79 Å². The molecule has 1 atom stereocenters. The Morgan fingerprint density at radius 2 is 1.94 bits per heavy atom. The third kappa shape index (κ3) is 1.64. The van der Waals surface area contributed by atoms with Gasteiger partial charge in [0.05, 0.1) is 0 Å². The molecule has 4 heteroatoms. The molecule has 3 nitrogen and oxygen atoms in total. The number of hydrogen-bond donors (Lipinski definition) is 1. The van der Waals surface area contributed by atoms with Crippen molar-refractivity contribution in [3.8, 4) is 16.9 Å². The van der Waals surface area contributed by atoms with Crippen LogP contribution in [0.3, 0.4) is 0 Å². The van der Waals surface area contributed by atoms with E-state index in [-0.39, 0.29) is 0 Å². The van der Waals surface area contributed by atoms with E-state index in [0.717, 1.165) is 11.1 Å². The topological polar surface area (TPSA) is 52.3 Å². The molecule has 1 aliphatic rings. The molecule has 0 saturated carbocycles.